The van der Waals surface area contributed by atoms with Crippen LogP contribution in [0.5, 0.6) is 0 Å². The summed E-state index contributed by atoms with van der Waals surface area (Å²) < 4.78 is 17.8. The van der Waals surface area contributed by atoms with Gasteiger partial charge in [0.25, 0.3) is 0 Å². The lowest BCUT2D eigenvalue weighted by molar-refractivity contribution is -0.204. The van der Waals surface area contributed by atoms with Crippen LogP contribution >= 0.6 is 0 Å². The van der Waals surface area contributed by atoms with E-state index in [-0.39, 0.29) is 6.29 Å². The van der Waals surface area contributed by atoms with Gasteiger partial charge in [0.15, 0.2) is 6.29 Å². The van der Waals surface area contributed by atoms with E-state index in [0.29, 0.717) is 12.0 Å². The van der Waals surface area contributed by atoms with E-state index < -0.39 is 0 Å². The number of benzene rings is 1. The number of hydrogen-bond acceptors (Lipinski definition) is 3. The second-order valence-corrected chi connectivity index (χ2v) is 7.70. The molecule has 3 heteroatoms. The molecule has 2 aliphatic rings. The van der Waals surface area contributed by atoms with Crippen molar-refractivity contribution in [3.05, 3.63) is 35.4 Å². The maximum atomic E-state index is 5.93. The highest BCUT2D eigenvalue weighted by Gasteiger charge is 2.24. The molecular formula is C21H32O3. The first-order chi connectivity index (χ1) is 11.7. The molecule has 2 aliphatic heterocycles. The molecule has 134 valence electrons. The van der Waals surface area contributed by atoms with Crippen LogP contribution in [0.25, 0.3) is 0 Å². The summed E-state index contributed by atoms with van der Waals surface area (Å²) in [6.07, 6.45) is 7.22. The molecule has 0 aliphatic carbocycles. The van der Waals surface area contributed by atoms with Crippen LogP contribution in [0, 0.1) is 18.8 Å². The van der Waals surface area contributed by atoms with Crippen LogP contribution < -0.4 is 0 Å². The first-order valence-corrected chi connectivity index (χ1v) is 9.59. The van der Waals surface area contributed by atoms with Gasteiger partial charge in [0.05, 0.1) is 19.3 Å². The summed E-state index contributed by atoms with van der Waals surface area (Å²) in [5.41, 5.74) is 2.67. The van der Waals surface area contributed by atoms with Crippen molar-refractivity contribution in [2.75, 3.05) is 19.8 Å². The molecule has 3 rings (SSSR count). The second-order valence-electron chi connectivity index (χ2n) is 7.70. The molecule has 0 saturated carbocycles. The lowest BCUT2D eigenvalue weighted by Crippen LogP contribution is -2.33. The Balaban J connectivity index is 1.30. The molecule has 0 amide bonds. The molecule has 1 aromatic rings. The molecule has 2 saturated heterocycles. The van der Waals surface area contributed by atoms with Gasteiger partial charge in [-0.05, 0) is 50.5 Å². The molecule has 0 N–H and O–H groups in total. The number of aryl methyl sites for hydroxylation is 2. The van der Waals surface area contributed by atoms with Gasteiger partial charge in [-0.3, -0.25) is 0 Å². The number of ether oxygens (including phenoxy) is 3. The molecule has 0 spiro atoms. The predicted molar refractivity (Wildman–Crippen MR) is 96.1 cm³/mol. The number of hydrogen-bond donors (Lipinski definition) is 0. The monoisotopic (exact) mass is 332 g/mol. The summed E-state index contributed by atoms with van der Waals surface area (Å²) in [4.78, 5) is 0. The largest absolute Gasteiger partial charge is 0.378 e. The van der Waals surface area contributed by atoms with Crippen LogP contribution in [0.3, 0.4) is 0 Å². The van der Waals surface area contributed by atoms with Gasteiger partial charge in [-0.1, -0.05) is 36.8 Å². The first-order valence-electron chi connectivity index (χ1n) is 9.59. The Bertz CT molecular complexity index is 468. The fraction of sp³-hybridized carbons (Fsp3) is 0.714. The molecule has 2 heterocycles. The Morgan fingerprint density at radius 1 is 0.875 bits per heavy atom. The van der Waals surface area contributed by atoms with Crippen molar-refractivity contribution in [2.45, 2.75) is 64.8 Å². The van der Waals surface area contributed by atoms with Gasteiger partial charge in [0.2, 0.25) is 0 Å². The highest BCUT2D eigenvalue weighted by atomic mass is 16.7. The van der Waals surface area contributed by atoms with E-state index in [4.69, 9.17) is 14.2 Å². The minimum absolute atomic E-state index is 0.0330. The average Bonchev–Trinajstić information content (AvgIpc) is 2.62. The third-order valence-electron chi connectivity index (χ3n) is 5.32. The van der Waals surface area contributed by atoms with E-state index in [9.17, 15) is 0 Å². The van der Waals surface area contributed by atoms with E-state index in [2.05, 4.69) is 38.1 Å². The maximum absolute atomic E-state index is 5.93. The van der Waals surface area contributed by atoms with Crippen molar-refractivity contribution in [1.82, 2.24) is 0 Å². The number of rotatable bonds is 6. The van der Waals surface area contributed by atoms with Crippen LogP contribution in [-0.2, 0) is 20.6 Å². The summed E-state index contributed by atoms with van der Waals surface area (Å²) in [5.74, 6) is 1.26. The van der Waals surface area contributed by atoms with Crippen LogP contribution in [0.4, 0.5) is 0 Å². The standard InChI is InChI=1S/C21H32O3/c1-16-3-6-18(7-4-16)9-12-21-23-14-19(15-24-21)8-11-20-10-5-17(2)13-22-20/h3-4,6-7,17,19-21H,5,8-15H2,1-2H3. The molecule has 0 radical (unpaired) electrons. The van der Waals surface area contributed by atoms with Gasteiger partial charge in [-0.2, -0.15) is 0 Å². The van der Waals surface area contributed by atoms with Gasteiger partial charge in [-0.15, -0.1) is 0 Å². The Morgan fingerprint density at radius 2 is 1.62 bits per heavy atom. The fourth-order valence-corrected chi connectivity index (χ4v) is 3.54. The molecule has 3 nitrogen and oxygen atoms in total. The van der Waals surface area contributed by atoms with Crippen molar-refractivity contribution in [2.24, 2.45) is 11.8 Å². The Hall–Kier alpha value is -0.900. The van der Waals surface area contributed by atoms with Gasteiger partial charge in [0, 0.05) is 18.9 Å². The average molecular weight is 332 g/mol. The zero-order valence-electron chi connectivity index (χ0n) is 15.2. The SMILES string of the molecule is Cc1ccc(CCC2OCC(CCC3CCC(C)CO3)CO2)cc1. The quantitative estimate of drug-likeness (QED) is 0.767. The molecular weight excluding hydrogens is 300 g/mol. The zero-order valence-corrected chi connectivity index (χ0v) is 15.2. The van der Waals surface area contributed by atoms with Crippen molar-refractivity contribution in [3.8, 4) is 0 Å². The summed E-state index contributed by atoms with van der Waals surface area (Å²) in [7, 11) is 0. The summed E-state index contributed by atoms with van der Waals surface area (Å²) in [6.45, 7) is 7.00. The van der Waals surface area contributed by atoms with Gasteiger partial charge >= 0.3 is 0 Å². The summed E-state index contributed by atoms with van der Waals surface area (Å²) in [5, 5.41) is 0. The predicted octanol–water partition coefficient (Wildman–Crippen LogP) is 4.51. The van der Waals surface area contributed by atoms with E-state index in [1.165, 1.54) is 24.0 Å². The third kappa shape index (κ3) is 5.58. The molecule has 0 bridgehead atoms. The molecule has 2 atom stereocenters. The summed E-state index contributed by atoms with van der Waals surface area (Å²) in [6, 6.07) is 8.74. The maximum Gasteiger partial charge on any atom is 0.157 e. The third-order valence-corrected chi connectivity index (χ3v) is 5.32. The lowest BCUT2D eigenvalue weighted by Gasteiger charge is -2.32. The van der Waals surface area contributed by atoms with E-state index in [1.807, 2.05) is 0 Å². The smallest absolute Gasteiger partial charge is 0.157 e. The van der Waals surface area contributed by atoms with Crippen LogP contribution in [0.1, 0.15) is 50.2 Å². The summed E-state index contributed by atoms with van der Waals surface area (Å²) >= 11 is 0. The normalized spacial score (nSPS) is 31.1. The minimum atomic E-state index is -0.0330. The van der Waals surface area contributed by atoms with E-state index in [0.717, 1.165) is 51.4 Å². The van der Waals surface area contributed by atoms with Gasteiger partial charge in [0.1, 0.15) is 0 Å². The Kier molecular flexibility index (Phi) is 6.70. The first kappa shape index (κ1) is 17.9. The van der Waals surface area contributed by atoms with Gasteiger partial charge in [-0.25, -0.2) is 0 Å². The van der Waals surface area contributed by atoms with Crippen molar-refractivity contribution in [1.29, 1.82) is 0 Å². The fourth-order valence-electron chi connectivity index (χ4n) is 3.54. The molecule has 24 heavy (non-hydrogen) atoms. The zero-order chi connectivity index (χ0) is 16.8. The molecule has 2 fully saturated rings. The molecule has 0 aromatic heterocycles. The Morgan fingerprint density at radius 3 is 2.29 bits per heavy atom. The lowest BCUT2D eigenvalue weighted by atomic mass is 9.94. The van der Waals surface area contributed by atoms with E-state index >= 15 is 0 Å². The van der Waals surface area contributed by atoms with E-state index in [1.54, 1.807) is 0 Å². The molecule has 1 aromatic carbocycles. The highest BCUT2D eigenvalue weighted by molar-refractivity contribution is 5.21. The topological polar surface area (TPSA) is 27.7 Å². The Labute approximate surface area is 146 Å². The van der Waals surface area contributed by atoms with Crippen LogP contribution in [0.2, 0.25) is 0 Å². The van der Waals surface area contributed by atoms with Crippen LogP contribution in [-0.4, -0.2) is 32.2 Å². The van der Waals surface area contributed by atoms with Crippen molar-refractivity contribution >= 4 is 0 Å². The van der Waals surface area contributed by atoms with Crippen molar-refractivity contribution in [3.63, 3.8) is 0 Å². The second kappa shape index (κ2) is 8.98. The van der Waals surface area contributed by atoms with Crippen LogP contribution in [0.15, 0.2) is 24.3 Å². The minimum Gasteiger partial charge on any atom is -0.378 e. The molecule has 2 unspecified atom stereocenters. The van der Waals surface area contributed by atoms with Gasteiger partial charge < -0.3 is 14.2 Å². The highest BCUT2D eigenvalue weighted by Crippen LogP contribution is 2.25. The van der Waals surface area contributed by atoms with Crippen molar-refractivity contribution < 1.29 is 14.2 Å².